The minimum atomic E-state index is 0.184. The van der Waals surface area contributed by atoms with E-state index < -0.39 is 0 Å². The van der Waals surface area contributed by atoms with E-state index in [9.17, 15) is 4.79 Å². The van der Waals surface area contributed by atoms with Crippen molar-refractivity contribution in [1.82, 2.24) is 9.88 Å². The number of nitrogens with zero attached hydrogens (tertiary/aromatic N) is 2. The molecule has 1 saturated heterocycles. The first-order valence-corrected chi connectivity index (χ1v) is 8.19. The number of furan rings is 1. The van der Waals surface area contributed by atoms with Crippen molar-refractivity contribution in [3.63, 3.8) is 0 Å². The summed E-state index contributed by atoms with van der Waals surface area (Å²) in [5, 5.41) is 0.358. The van der Waals surface area contributed by atoms with Gasteiger partial charge in [0, 0.05) is 31.2 Å². The average molecular weight is 302 g/mol. The number of thioether (sulfide) groups is 1. The molecule has 1 aliphatic heterocycles. The van der Waals surface area contributed by atoms with Crippen LogP contribution in [0.4, 0.5) is 0 Å². The first-order chi connectivity index (χ1) is 10.3. The first-order valence-electron chi connectivity index (χ1n) is 7.14. The van der Waals surface area contributed by atoms with E-state index in [2.05, 4.69) is 4.98 Å². The second kappa shape index (κ2) is 6.80. The van der Waals surface area contributed by atoms with Crippen LogP contribution >= 0.6 is 11.8 Å². The standard InChI is InChI=1S/C16H18N2O2S/c19-16(11-13-3-1-6-17-12-13)18-7-5-15(21-10-8-18)14-4-2-9-20-14/h1-4,6,9,12,15H,5,7-8,10-11H2. The van der Waals surface area contributed by atoms with Gasteiger partial charge in [0.25, 0.3) is 0 Å². The van der Waals surface area contributed by atoms with E-state index in [1.54, 1.807) is 18.7 Å². The molecule has 0 aromatic carbocycles. The van der Waals surface area contributed by atoms with Crippen LogP contribution in [-0.2, 0) is 11.2 Å². The lowest BCUT2D eigenvalue weighted by molar-refractivity contribution is -0.130. The zero-order chi connectivity index (χ0) is 14.5. The largest absolute Gasteiger partial charge is 0.468 e. The Morgan fingerprint density at radius 1 is 1.38 bits per heavy atom. The molecule has 0 N–H and O–H groups in total. The summed E-state index contributed by atoms with van der Waals surface area (Å²) in [6.07, 6.45) is 6.58. The molecular weight excluding hydrogens is 284 g/mol. The Balaban J connectivity index is 1.58. The lowest BCUT2D eigenvalue weighted by Gasteiger charge is -2.20. The van der Waals surface area contributed by atoms with E-state index in [1.807, 2.05) is 40.9 Å². The molecule has 1 atom stereocenters. The Morgan fingerprint density at radius 2 is 2.33 bits per heavy atom. The van der Waals surface area contributed by atoms with Crippen molar-refractivity contribution in [1.29, 1.82) is 0 Å². The third-order valence-electron chi connectivity index (χ3n) is 3.63. The van der Waals surface area contributed by atoms with Crippen LogP contribution in [0.15, 0.2) is 47.3 Å². The molecule has 5 heteroatoms. The van der Waals surface area contributed by atoms with Gasteiger partial charge in [0.1, 0.15) is 5.76 Å². The van der Waals surface area contributed by atoms with Crippen molar-refractivity contribution in [2.75, 3.05) is 18.8 Å². The molecule has 21 heavy (non-hydrogen) atoms. The molecule has 110 valence electrons. The van der Waals surface area contributed by atoms with Crippen molar-refractivity contribution >= 4 is 17.7 Å². The summed E-state index contributed by atoms with van der Waals surface area (Å²) in [6.45, 7) is 1.60. The molecule has 0 spiro atoms. The highest BCUT2D eigenvalue weighted by molar-refractivity contribution is 7.99. The maximum atomic E-state index is 12.4. The van der Waals surface area contributed by atoms with Crippen LogP contribution in [0, 0.1) is 0 Å². The average Bonchev–Trinajstić information content (AvgIpc) is 2.93. The van der Waals surface area contributed by atoms with Crippen LogP contribution in [0.2, 0.25) is 0 Å². The molecule has 2 aromatic rings. The molecule has 2 aromatic heterocycles. The molecule has 1 amide bonds. The fourth-order valence-electron chi connectivity index (χ4n) is 2.51. The Labute approximate surface area is 128 Å². The molecule has 4 nitrogen and oxygen atoms in total. The van der Waals surface area contributed by atoms with Gasteiger partial charge in [-0.25, -0.2) is 0 Å². The van der Waals surface area contributed by atoms with Crippen molar-refractivity contribution < 1.29 is 9.21 Å². The van der Waals surface area contributed by atoms with Crippen molar-refractivity contribution in [2.45, 2.75) is 18.1 Å². The molecule has 3 rings (SSSR count). The summed E-state index contributed by atoms with van der Waals surface area (Å²) >= 11 is 1.87. The number of aromatic nitrogens is 1. The third-order valence-corrected chi connectivity index (χ3v) is 4.92. The lowest BCUT2D eigenvalue weighted by Crippen LogP contribution is -2.34. The summed E-state index contributed by atoms with van der Waals surface area (Å²) in [5.41, 5.74) is 0.974. The van der Waals surface area contributed by atoms with Crippen molar-refractivity contribution in [2.24, 2.45) is 0 Å². The van der Waals surface area contributed by atoms with Crippen molar-refractivity contribution in [3.8, 4) is 0 Å². The van der Waals surface area contributed by atoms with Gasteiger partial charge in [-0.05, 0) is 30.2 Å². The molecule has 3 heterocycles. The van der Waals surface area contributed by atoms with Crippen LogP contribution in [0.3, 0.4) is 0 Å². The Bertz CT molecular complexity index is 571. The topological polar surface area (TPSA) is 46.3 Å². The molecule has 1 unspecified atom stereocenters. The summed E-state index contributed by atoms with van der Waals surface area (Å²) in [4.78, 5) is 18.4. The van der Waals surface area contributed by atoms with Crippen LogP contribution < -0.4 is 0 Å². The second-order valence-corrected chi connectivity index (χ2v) is 6.39. The van der Waals surface area contributed by atoms with Gasteiger partial charge >= 0.3 is 0 Å². The molecule has 0 radical (unpaired) electrons. The summed E-state index contributed by atoms with van der Waals surface area (Å²) in [5.74, 6) is 2.15. The Morgan fingerprint density at radius 3 is 3.10 bits per heavy atom. The van der Waals surface area contributed by atoms with Gasteiger partial charge in [0.15, 0.2) is 0 Å². The predicted octanol–water partition coefficient (Wildman–Crippen LogP) is 2.92. The maximum Gasteiger partial charge on any atom is 0.227 e. The van der Waals surface area contributed by atoms with Crippen LogP contribution in [0.1, 0.15) is 23.0 Å². The lowest BCUT2D eigenvalue weighted by atomic mass is 10.2. The maximum absolute atomic E-state index is 12.4. The Kier molecular flexibility index (Phi) is 4.60. The van der Waals surface area contributed by atoms with Crippen LogP contribution in [0.5, 0.6) is 0 Å². The van der Waals surface area contributed by atoms with E-state index in [4.69, 9.17) is 4.42 Å². The molecule has 0 aliphatic carbocycles. The monoisotopic (exact) mass is 302 g/mol. The van der Waals surface area contributed by atoms with Crippen LogP contribution in [0.25, 0.3) is 0 Å². The van der Waals surface area contributed by atoms with E-state index in [0.29, 0.717) is 11.7 Å². The third kappa shape index (κ3) is 3.67. The minimum Gasteiger partial charge on any atom is -0.468 e. The van der Waals surface area contributed by atoms with E-state index in [0.717, 1.165) is 36.6 Å². The van der Waals surface area contributed by atoms with Gasteiger partial charge in [0.05, 0.1) is 17.9 Å². The smallest absolute Gasteiger partial charge is 0.227 e. The number of rotatable bonds is 3. The quantitative estimate of drug-likeness (QED) is 0.874. The highest BCUT2D eigenvalue weighted by Gasteiger charge is 2.23. The van der Waals surface area contributed by atoms with Gasteiger partial charge in [-0.3, -0.25) is 9.78 Å². The SMILES string of the molecule is O=C(Cc1cccnc1)N1CCSC(c2ccco2)CC1. The van der Waals surface area contributed by atoms with Crippen LogP contribution in [-0.4, -0.2) is 34.6 Å². The molecule has 0 saturated carbocycles. The zero-order valence-corrected chi connectivity index (χ0v) is 12.6. The van der Waals surface area contributed by atoms with Gasteiger partial charge in [-0.1, -0.05) is 6.07 Å². The normalized spacial score (nSPS) is 19.2. The van der Waals surface area contributed by atoms with Crippen molar-refractivity contribution in [3.05, 3.63) is 54.2 Å². The molecule has 1 fully saturated rings. The number of pyridine rings is 1. The molecule has 0 bridgehead atoms. The fourth-order valence-corrected chi connectivity index (χ4v) is 3.69. The summed E-state index contributed by atoms with van der Waals surface area (Å²) in [6, 6.07) is 7.76. The van der Waals surface area contributed by atoms with E-state index in [-0.39, 0.29) is 5.91 Å². The minimum absolute atomic E-state index is 0.184. The van der Waals surface area contributed by atoms with Gasteiger partial charge < -0.3 is 9.32 Å². The number of hydrogen-bond donors (Lipinski definition) is 0. The van der Waals surface area contributed by atoms with E-state index >= 15 is 0 Å². The zero-order valence-electron chi connectivity index (χ0n) is 11.8. The van der Waals surface area contributed by atoms with E-state index in [1.165, 1.54) is 0 Å². The number of carbonyl (C=O) groups is 1. The molecule has 1 aliphatic rings. The summed E-state index contributed by atoms with van der Waals surface area (Å²) in [7, 11) is 0. The van der Waals surface area contributed by atoms with Gasteiger partial charge in [0.2, 0.25) is 5.91 Å². The number of carbonyl (C=O) groups excluding carboxylic acids is 1. The first kappa shape index (κ1) is 14.2. The highest BCUT2D eigenvalue weighted by atomic mass is 32.2. The predicted molar refractivity (Wildman–Crippen MR) is 83.0 cm³/mol. The second-order valence-electron chi connectivity index (χ2n) is 5.08. The highest BCUT2D eigenvalue weighted by Crippen LogP contribution is 2.34. The van der Waals surface area contributed by atoms with Gasteiger partial charge in [-0.2, -0.15) is 0 Å². The number of hydrogen-bond acceptors (Lipinski definition) is 4. The fraction of sp³-hybridized carbons (Fsp3) is 0.375. The molecular formula is C16H18N2O2S. The van der Waals surface area contributed by atoms with Gasteiger partial charge in [-0.15, -0.1) is 11.8 Å². The summed E-state index contributed by atoms with van der Waals surface area (Å²) < 4.78 is 5.49. The Hall–Kier alpha value is -1.75. The number of amides is 1.